The molecule has 1 saturated heterocycles. The molecule has 3 aromatic carbocycles. The summed E-state index contributed by atoms with van der Waals surface area (Å²) < 4.78 is 6.14. The van der Waals surface area contributed by atoms with Crippen LogP contribution in [0, 0.1) is 13.8 Å². The first kappa shape index (κ1) is 22.6. The third-order valence-electron chi connectivity index (χ3n) is 6.00. The Hall–Kier alpha value is -4.17. The summed E-state index contributed by atoms with van der Waals surface area (Å²) in [4.78, 5) is 32.7. The number of hydrogen-bond donors (Lipinski definition) is 2. The molecule has 1 aliphatic rings. The maximum absolute atomic E-state index is 13.4. The molecule has 7 nitrogen and oxygen atoms in total. The highest BCUT2D eigenvalue weighted by molar-refractivity contribution is 7.22. The average Bonchev–Trinajstić information content (AvgIpc) is 3.37. The highest BCUT2D eigenvalue weighted by Crippen LogP contribution is 2.45. The Balaban J connectivity index is 1.75. The summed E-state index contributed by atoms with van der Waals surface area (Å²) in [5, 5.41) is 21.8. The number of ketones is 1. The Morgan fingerprint density at radius 1 is 1.06 bits per heavy atom. The summed E-state index contributed by atoms with van der Waals surface area (Å²) in [6.45, 7) is 3.93. The van der Waals surface area contributed by atoms with Crippen molar-refractivity contribution in [3.8, 4) is 11.5 Å². The molecular formula is C27H22N2O5S. The Bertz CT molecular complexity index is 1540. The van der Waals surface area contributed by atoms with Gasteiger partial charge in [0.1, 0.15) is 17.3 Å². The van der Waals surface area contributed by atoms with Crippen LogP contribution in [0.25, 0.3) is 16.0 Å². The quantitative estimate of drug-likeness (QED) is 0.232. The number of fused-ring (bicyclic) bond motifs is 1. The second kappa shape index (κ2) is 8.56. The monoisotopic (exact) mass is 486 g/mol. The summed E-state index contributed by atoms with van der Waals surface area (Å²) in [6, 6.07) is 15.9. The van der Waals surface area contributed by atoms with Gasteiger partial charge < -0.3 is 14.9 Å². The van der Waals surface area contributed by atoms with E-state index in [9.17, 15) is 19.8 Å². The van der Waals surface area contributed by atoms with Gasteiger partial charge in [-0.05, 0) is 60.9 Å². The van der Waals surface area contributed by atoms with E-state index in [0.717, 1.165) is 21.3 Å². The van der Waals surface area contributed by atoms with Gasteiger partial charge in [-0.2, -0.15) is 0 Å². The van der Waals surface area contributed by atoms with Crippen LogP contribution >= 0.6 is 11.3 Å². The van der Waals surface area contributed by atoms with Crippen LogP contribution in [-0.2, 0) is 9.59 Å². The van der Waals surface area contributed by atoms with Crippen LogP contribution in [0.5, 0.6) is 11.5 Å². The first-order valence-electron chi connectivity index (χ1n) is 10.9. The van der Waals surface area contributed by atoms with Crippen molar-refractivity contribution in [2.24, 2.45) is 0 Å². The Labute approximate surface area is 205 Å². The van der Waals surface area contributed by atoms with Crippen LogP contribution in [0.2, 0.25) is 0 Å². The lowest BCUT2D eigenvalue weighted by Gasteiger charge is -2.23. The number of ether oxygens (including phenoxy) is 1. The van der Waals surface area contributed by atoms with Gasteiger partial charge in [0.05, 0.1) is 28.9 Å². The van der Waals surface area contributed by atoms with Crippen LogP contribution < -0.4 is 9.64 Å². The van der Waals surface area contributed by atoms with E-state index in [1.807, 2.05) is 26.0 Å². The number of carbonyl (C=O) groups is 2. The molecule has 2 N–H and O–H groups in total. The maximum atomic E-state index is 13.4. The van der Waals surface area contributed by atoms with Crippen LogP contribution in [0.4, 0.5) is 5.13 Å². The zero-order valence-corrected chi connectivity index (χ0v) is 20.1. The Kier molecular flexibility index (Phi) is 5.53. The van der Waals surface area contributed by atoms with Crippen molar-refractivity contribution in [2.75, 3.05) is 12.0 Å². The molecule has 1 atom stereocenters. The lowest BCUT2D eigenvalue weighted by Crippen LogP contribution is -2.29. The summed E-state index contributed by atoms with van der Waals surface area (Å²) >= 11 is 1.30. The van der Waals surface area contributed by atoms with Crippen molar-refractivity contribution < 1.29 is 24.5 Å². The lowest BCUT2D eigenvalue weighted by atomic mass is 9.95. The van der Waals surface area contributed by atoms with E-state index in [2.05, 4.69) is 0 Å². The molecule has 1 amide bonds. The number of methoxy groups -OCH3 is 1. The van der Waals surface area contributed by atoms with Gasteiger partial charge in [-0.3, -0.25) is 14.5 Å². The van der Waals surface area contributed by atoms with Crippen molar-refractivity contribution in [1.82, 2.24) is 4.98 Å². The number of aromatic nitrogens is 1. The van der Waals surface area contributed by atoms with Gasteiger partial charge in [-0.25, -0.2) is 4.98 Å². The Morgan fingerprint density at radius 3 is 2.57 bits per heavy atom. The molecule has 8 heteroatoms. The predicted molar refractivity (Wildman–Crippen MR) is 135 cm³/mol. The summed E-state index contributed by atoms with van der Waals surface area (Å²) in [7, 11) is 1.50. The van der Waals surface area contributed by atoms with E-state index < -0.39 is 17.7 Å². The number of benzene rings is 3. The zero-order chi connectivity index (χ0) is 24.9. The molecule has 1 aromatic heterocycles. The van der Waals surface area contributed by atoms with Crippen LogP contribution in [-0.4, -0.2) is 34.0 Å². The first-order chi connectivity index (χ1) is 16.8. The van der Waals surface area contributed by atoms with Crippen LogP contribution in [0.1, 0.15) is 28.3 Å². The van der Waals surface area contributed by atoms with Gasteiger partial charge in [0.15, 0.2) is 5.13 Å². The largest absolute Gasteiger partial charge is 0.508 e. The summed E-state index contributed by atoms with van der Waals surface area (Å²) in [5.41, 5.74) is 3.50. The Morgan fingerprint density at radius 2 is 1.83 bits per heavy atom. The minimum atomic E-state index is -0.977. The van der Waals surface area contributed by atoms with E-state index in [1.165, 1.54) is 35.5 Å². The van der Waals surface area contributed by atoms with Gasteiger partial charge in [0.2, 0.25) is 0 Å². The molecule has 0 aliphatic carbocycles. The van der Waals surface area contributed by atoms with E-state index in [1.54, 1.807) is 36.4 Å². The number of thiazole rings is 1. The fraction of sp³-hybridized carbons (Fsp3) is 0.148. The van der Waals surface area contributed by atoms with Crippen molar-refractivity contribution in [2.45, 2.75) is 19.9 Å². The smallest absolute Gasteiger partial charge is 0.301 e. The number of amides is 1. The number of aliphatic hydroxyl groups is 1. The molecule has 2 heterocycles. The number of phenols is 1. The van der Waals surface area contributed by atoms with Crippen molar-refractivity contribution in [3.05, 3.63) is 88.5 Å². The molecule has 0 unspecified atom stereocenters. The molecule has 0 saturated carbocycles. The molecule has 0 spiro atoms. The number of rotatable bonds is 4. The molecule has 1 aliphatic heterocycles. The first-order valence-corrected chi connectivity index (χ1v) is 11.7. The number of aromatic hydroxyl groups is 1. The molecule has 0 bridgehead atoms. The van der Waals surface area contributed by atoms with Gasteiger partial charge >= 0.3 is 5.91 Å². The number of aryl methyl sites for hydroxylation is 2. The van der Waals surface area contributed by atoms with Gasteiger partial charge in [-0.1, -0.05) is 41.7 Å². The van der Waals surface area contributed by atoms with Crippen molar-refractivity contribution in [1.29, 1.82) is 0 Å². The van der Waals surface area contributed by atoms with Crippen LogP contribution in [0.3, 0.4) is 0 Å². The topological polar surface area (TPSA) is 100.0 Å². The average molecular weight is 487 g/mol. The molecule has 35 heavy (non-hydrogen) atoms. The van der Waals surface area contributed by atoms with Gasteiger partial charge in [0.25, 0.3) is 5.78 Å². The number of anilines is 1. The molecular weight excluding hydrogens is 464 g/mol. The zero-order valence-electron chi connectivity index (χ0n) is 19.3. The normalized spacial score (nSPS) is 17.3. The molecule has 0 radical (unpaired) electrons. The molecule has 5 rings (SSSR count). The standard InChI is InChI=1S/C27H22N2O5S/c1-14-10-15(2)22-20(11-14)35-27(28-22)29-23(16-6-4-8-18(30)12-16)21(25(32)26(29)33)24(31)17-7-5-9-19(13-17)34-3/h4-13,23,30-31H,1-3H3/t23-/m1/s1. The number of carbonyl (C=O) groups excluding carboxylic acids is 2. The minimum absolute atomic E-state index is 0.0229. The fourth-order valence-corrected chi connectivity index (χ4v) is 5.60. The number of hydrogen-bond acceptors (Lipinski definition) is 7. The summed E-state index contributed by atoms with van der Waals surface area (Å²) in [6.07, 6.45) is 0. The number of aliphatic hydroxyl groups excluding tert-OH is 1. The minimum Gasteiger partial charge on any atom is -0.508 e. The second-order valence-corrected chi connectivity index (χ2v) is 9.43. The number of phenolic OH excluding ortho intramolecular Hbond substituents is 1. The summed E-state index contributed by atoms with van der Waals surface area (Å²) in [5.74, 6) is -1.48. The SMILES string of the molecule is COc1cccc(C(O)=C2C(=O)C(=O)N(c3nc4c(C)cc(C)cc4s3)[C@@H]2c2cccc(O)c2)c1. The van der Waals surface area contributed by atoms with Crippen LogP contribution in [0.15, 0.2) is 66.2 Å². The maximum Gasteiger partial charge on any atom is 0.301 e. The molecule has 1 fully saturated rings. The highest BCUT2D eigenvalue weighted by Gasteiger charge is 2.48. The number of nitrogens with zero attached hydrogens (tertiary/aromatic N) is 2. The van der Waals surface area contributed by atoms with Crippen molar-refractivity contribution >= 4 is 44.1 Å². The van der Waals surface area contributed by atoms with Gasteiger partial charge in [-0.15, -0.1) is 0 Å². The van der Waals surface area contributed by atoms with Crippen molar-refractivity contribution in [3.63, 3.8) is 0 Å². The molecule has 176 valence electrons. The van der Waals surface area contributed by atoms with E-state index >= 15 is 0 Å². The van der Waals surface area contributed by atoms with E-state index in [4.69, 9.17) is 9.72 Å². The van der Waals surface area contributed by atoms with Gasteiger partial charge in [0, 0.05) is 5.56 Å². The van der Waals surface area contributed by atoms with E-state index in [0.29, 0.717) is 22.0 Å². The third-order valence-corrected chi connectivity index (χ3v) is 7.00. The predicted octanol–water partition coefficient (Wildman–Crippen LogP) is 5.25. The fourth-order valence-electron chi connectivity index (χ4n) is 4.43. The number of Topliss-reactive ketones (excluding diaryl/α,β-unsaturated/α-hetero) is 1. The third kappa shape index (κ3) is 3.81. The lowest BCUT2D eigenvalue weighted by molar-refractivity contribution is -0.132. The highest BCUT2D eigenvalue weighted by atomic mass is 32.1. The molecule has 4 aromatic rings. The van der Waals surface area contributed by atoms with E-state index in [-0.39, 0.29) is 17.1 Å². The second-order valence-electron chi connectivity index (χ2n) is 8.42.